The summed E-state index contributed by atoms with van der Waals surface area (Å²) >= 11 is 0. The van der Waals surface area contributed by atoms with Crippen LogP contribution < -0.4 is 0 Å². The first-order valence-electron chi connectivity index (χ1n) is 8.33. The lowest BCUT2D eigenvalue weighted by Crippen LogP contribution is -2.01. The number of rotatable bonds is 12. The number of esters is 1. The van der Waals surface area contributed by atoms with Crippen LogP contribution in [-0.4, -0.2) is 13.1 Å². The Balaban J connectivity index is 3.27. The van der Waals surface area contributed by atoms with Gasteiger partial charge < -0.3 is 4.74 Å². The van der Waals surface area contributed by atoms with Crippen LogP contribution in [0.4, 0.5) is 0 Å². The smallest absolute Gasteiger partial charge is 0.333 e. The van der Waals surface area contributed by atoms with Gasteiger partial charge in [-0.15, -0.1) is 0 Å². The molecule has 0 N–H and O–H groups in total. The van der Waals surface area contributed by atoms with E-state index < -0.39 is 0 Å². The normalized spacial score (nSPS) is 11.9. The highest BCUT2D eigenvalue weighted by molar-refractivity contribution is 5.87. The zero-order chi connectivity index (χ0) is 15.2. The molecule has 2 heteroatoms. The third-order valence-electron chi connectivity index (χ3n) is 3.69. The van der Waals surface area contributed by atoms with Crippen LogP contribution in [0.1, 0.15) is 85.0 Å². The van der Waals surface area contributed by atoms with E-state index in [0.29, 0.717) is 0 Å². The lowest BCUT2D eigenvalue weighted by molar-refractivity contribution is -0.136. The molecule has 0 saturated carbocycles. The average Bonchev–Trinajstić information content (AvgIpc) is 2.43. The van der Waals surface area contributed by atoms with Gasteiger partial charge in [0.25, 0.3) is 0 Å². The van der Waals surface area contributed by atoms with E-state index in [1.54, 1.807) is 0 Å². The van der Waals surface area contributed by atoms with Crippen molar-refractivity contribution < 1.29 is 9.53 Å². The van der Waals surface area contributed by atoms with E-state index in [2.05, 4.69) is 18.6 Å². The lowest BCUT2D eigenvalue weighted by atomic mass is 10.0. The van der Waals surface area contributed by atoms with Crippen molar-refractivity contribution in [2.75, 3.05) is 7.11 Å². The number of ether oxygens (including phenoxy) is 1. The Kier molecular flexibility index (Phi) is 12.7. The topological polar surface area (TPSA) is 26.3 Å². The summed E-state index contributed by atoms with van der Waals surface area (Å²) < 4.78 is 4.66. The summed E-state index contributed by atoms with van der Waals surface area (Å²) in [6, 6.07) is 0. The summed E-state index contributed by atoms with van der Waals surface area (Å²) in [4.78, 5) is 11.2. The van der Waals surface area contributed by atoms with Crippen LogP contribution in [-0.2, 0) is 9.53 Å². The zero-order valence-electron chi connectivity index (χ0n) is 14.0. The van der Waals surface area contributed by atoms with Crippen molar-refractivity contribution in [1.82, 2.24) is 0 Å². The monoisotopic (exact) mass is 282 g/mol. The molecule has 0 rings (SSSR count). The van der Waals surface area contributed by atoms with Gasteiger partial charge in [0.2, 0.25) is 0 Å². The molecule has 0 fully saturated rings. The van der Waals surface area contributed by atoms with Crippen LogP contribution in [0.15, 0.2) is 11.6 Å². The van der Waals surface area contributed by atoms with E-state index in [1.807, 2.05) is 13.0 Å². The second-order valence-electron chi connectivity index (χ2n) is 6.18. The van der Waals surface area contributed by atoms with Crippen LogP contribution in [0.2, 0.25) is 0 Å². The SMILES string of the molecule is COC(=O)C(C)=CCCCCCCCCCCC(C)C. The second-order valence-corrected chi connectivity index (χ2v) is 6.18. The van der Waals surface area contributed by atoms with Gasteiger partial charge in [0.1, 0.15) is 0 Å². The first-order chi connectivity index (χ1) is 9.57. The average molecular weight is 282 g/mol. The Bertz CT molecular complexity index is 267. The van der Waals surface area contributed by atoms with Gasteiger partial charge in [0, 0.05) is 5.57 Å². The first-order valence-corrected chi connectivity index (χ1v) is 8.33. The third-order valence-corrected chi connectivity index (χ3v) is 3.69. The minimum absolute atomic E-state index is 0.202. The fourth-order valence-corrected chi connectivity index (χ4v) is 2.32. The predicted octanol–water partition coefficient (Wildman–Crippen LogP) is 5.66. The predicted molar refractivity (Wildman–Crippen MR) is 86.8 cm³/mol. The molecule has 0 aromatic heterocycles. The molecule has 20 heavy (non-hydrogen) atoms. The summed E-state index contributed by atoms with van der Waals surface area (Å²) in [7, 11) is 1.43. The van der Waals surface area contributed by atoms with Crippen molar-refractivity contribution in [2.45, 2.75) is 85.0 Å². The minimum Gasteiger partial charge on any atom is -0.466 e. The number of hydrogen-bond donors (Lipinski definition) is 0. The summed E-state index contributed by atoms with van der Waals surface area (Å²) in [6.45, 7) is 6.43. The number of carbonyl (C=O) groups excluding carboxylic acids is 1. The van der Waals surface area contributed by atoms with Crippen molar-refractivity contribution in [1.29, 1.82) is 0 Å². The van der Waals surface area contributed by atoms with E-state index in [4.69, 9.17) is 0 Å². The van der Waals surface area contributed by atoms with Crippen molar-refractivity contribution in [2.24, 2.45) is 5.92 Å². The van der Waals surface area contributed by atoms with Gasteiger partial charge in [-0.1, -0.05) is 71.3 Å². The molecule has 0 aliphatic carbocycles. The van der Waals surface area contributed by atoms with Crippen molar-refractivity contribution in [3.05, 3.63) is 11.6 Å². The van der Waals surface area contributed by atoms with Gasteiger partial charge in [-0.3, -0.25) is 0 Å². The van der Waals surface area contributed by atoms with Crippen molar-refractivity contribution >= 4 is 5.97 Å². The maximum Gasteiger partial charge on any atom is 0.333 e. The number of methoxy groups -OCH3 is 1. The number of carbonyl (C=O) groups is 1. The molecule has 0 aliphatic rings. The van der Waals surface area contributed by atoms with Crippen molar-refractivity contribution in [3.63, 3.8) is 0 Å². The Hall–Kier alpha value is -0.790. The largest absolute Gasteiger partial charge is 0.466 e. The van der Waals surface area contributed by atoms with Crippen LogP contribution in [0, 0.1) is 5.92 Å². The third kappa shape index (κ3) is 12.3. The van der Waals surface area contributed by atoms with Crippen molar-refractivity contribution in [3.8, 4) is 0 Å². The molecule has 0 bridgehead atoms. The summed E-state index contributed by atoms with van der Waals surface area (Å²) in [6.07, 6.45) is 15.1. The highest BCUT2D eigenvalue weighted by atomic mass is 16.5. The van der Waals surface area contributed by atoms with Gasteiger partial charge in [-0.25, -0.2) is 4.79 Å². The number of unbranched alkanes of at least 4 members (excludes halogenated alkanes) is 8. The second kappa shape index (κ2) is 13.2. The van der Waals surface area contributed by atoms with E-state index in [9.17, 15) is 4.79 Å². The molecule has 0 atom stereocenters. The fourth-order valence-electron chi connectivity index (χ4n) is 2.32. The Labute approximate surface area is 126 Å². The van der Waals surface area contributed by atoms with E-state index in [-0.39, 0.29) is 5.97 Å². The molecular formula is C18H34O2. The van der Waals surface area contributed by atoms with Crippen LogP contribution >= 0.6 is 0 Å². The van der Waals surface area contributed by atoms with E-state index in [1.165, 1.54) is 64.9 Å². The first kappa shape index (κ1) is 19.2. The highest BCUT2D eigenvalue weighted by Gasteiger charge is 2.01. The molecule has 0 aromatic carbocycles. The lowest BCUT2D eigenvalue weighted by Gasteiger charge is -2.04. The maximum absolute atomic E-state index is 11.2. The van der Waals surface area contributed by atoms with Gasteiger partial charge >= 0.3 is 5.97 Å². The Morgan fingerprint density at radius 3 is 1.95 bits per heavy atom. The minimum atomic E-state index is -0.202. The summed E-state index contributed by atoms with van der Waals surface area (Å²) in [5.41, 5.74) is 0.734. The van der Waals surface area contributed by atoms with Gasteiger partial charge in [0.05, 0.1) is 7.11 Å². The van der Waals surface area contributed by atoms with E-state index in [0.717, 1.165) is 17.9 Å². The summed E-state index contributed by atoms with van der Waals surface area (Å²) in [5.74, 6) is 0.655. The Morgan fingerprint density at radius 1 is 0.950 bits per heavy atom. The molecule has 0 amide bonds. The molecule has 0 unspecified atom stereocenters. The molecular weight excluding hydrogens is 248 g/mol. The fraction of sp³-hybridized carbons (Fsp3) is 0.833. The van der Waals surface area contributed by atoms with Crippen LogP contribution in [0.5, 0.6) is 0 Å². The molecule has 0 aromatic rings. The highest BCUT2D eigenvalue weighted by Crippen LogP contribution is 2.13. The zero-order valence-corrected chi connectivity index (χ0v) is 14.0. The molecule has 2 nitrogen and oxygen atoms in total. The van der Waals surface area contributed by atoms with Gasteiger partial charge in [-0.05, 0) is 25.7 Å². The Morgan fingerprint density at radius 2 is 1.45 bits per heavy atom. The molecule has 0 spiro atoms. The van der Waals surface area contributed by atoms with Crippen LogP contribution in [0.3, 0.4) is 0 Å². The number of hydrogen-bond acceptors (Lipinski definition) is 2. The molecule has 0 saturated heterocycles. The molecule has 0 radical (unpaired) electrons. The molecule has 0 heterocycles. The van der Waals surface area contributed by atoms with Gasteiger partial charge in [0.15, 0.2) is 0 Å². The maximum atomic E-state index is 11.2. The van der Waals surface area contributed by atoms with Gasteiger partial charge in [-0.2, -0.15) is 0 Å². The summed E-state index contributed by atoms with van der Waals surface area (Å²) in [5, 5.41) is 0. The standard InChI is InChI=1S/C18H34O2/c1-16(2)14-12-10-8-6-5-7-9-11-13-15-17(3)18(19)20-4/h15-16H,5-14H2,1-4H3. The molecule has 0 aliphatic heterocycles. The van der Waals surface area contributed by atoms with Crippen LogP contribution in [0.25, 0.3) is 0 Å². The van der Waals surface area contributed by atoms with E-state index >= 15 is 0 Å². The quantitative estimate of drug-likeness (QED) is 0.262. The number of allylic oxidation sites excluding steroid dienone is 1. The molecule has 118 valence electrons.